The lowest BCUT2D eigenvalue weighted by atomic mass is 10.1. The molecule has 0 spiro atoms. The van der Waals surface area contributed by atoms with E-state index in [2.05, 4.69) is 17.3 Å². The van der Waals surface area contributed by atoms with Gasteiger partial charge in [-0.15, -0.1) is 0 Å². The van der Waals surface area contributed by atoms with Crippen LogP contribution in [0.15, 0.2) is 47.6 Å². The van der Waals surface area contributed by atoms with E-state index in [1.165, 1.54) is 5.56 Å². The Morgan fingerprint density at radius 1 is 1.12 bits per heavy atom. The molecule has 3 rings (SSSR count). The van der Waals surface area contributed by atoms with E-state index < -0.39 is 0 Å². The Morgan fingerprint density at radius 2 is 1.79 bits per heavy atom. The first-order chi connectivity index (χ1) is 11.6. The Bertz CT molecular complexity index is 723. The molecule has 2 aromatic rings. The summed E-state index contributed by atoms with van der Waals surface area (Å²) in [5, 5.41) is 5.44. The quantitative estimate of drug-likeness (QED) is 0.486. The van der Waals surface area contributed by atoms with Crippen molar-refractivity contribution in [3.8, 4) is 5.75 Å². The smallest absolute Gasteiger partial charge is 0.145 e. The van der Waals surface area contributed by atoms with Crippen LogP contribution in [-0.2, 0) is 11.4 Å². The van der Waals surface area contributed by atoms with Crippen LogP contribution in [0, 0.1) is 5.92 Å². The molecule has 0 amide bonds. The van der Waals surface area contributed by atoms with Crippen LogP contribution < -0.4 is 4.74 Å². The van der Waals surface area contributed by atoms with Crippen molar-refractivity contribution in [1.29, 1.82) is 0 Å². The van der Waals surface area contributed by atoms with Crippen molar-refractivity contribution in [2.24, 2.45) is 11.1 Å². The molecule has 1 aliphatic carbocycles. The molecule has 0 radical (unpaired) electrons. The number of oxime groups is 1. The number of hydrogen-bond donors (Lipinski definition) is 0. The zero-order valence-electron chi connectivity index (χ0n) is 13.6. The van der Waals surface area contributed by atoms with Gasteiger partial charge in [0.15, 0.2) is 0 Å². The van der Waals surface area contributed by atoms with E-state index in [-0.39, 0.29) is 6.61 Å². The monoisotopic (exact) mass is 363 g/mol. The van der Waals surface area contributed by atoms with Crippen molar-refractivity contribution in [3.05, 3.63) is 63.6 Å². The average Bonchev–Trinajstić information content (AvgIpc) is 3.38. The van der Waals surface area contributed by atoms with E-state index in [1.807, 2.05) is 25.1 Å². The third-order valence-corrected chi connectivity index (χ3v) is 5.06. The zero-order valence-corrected chi connectivity index (χ0v) is 15.1. The fourth-order valence-electron chi connectivity index (χ4n) is 2.81. The summed E-state index contributed by atoms with van der Waals surface area (Å²) in [5.74, 6) is 1.81. The first-order valence-electron chi connectivity index (χ1n) is 7.83. The number of ether oxygens (including phenoxy) is 1. The molecule has 24 heavy (non-hydrogen) atoms. The van der Waals surface area contributed by atoms with Crippen LogP contribution in [-0.4, -0.2) is 12.8 Å². The molecular formula is C19H19Cl2NO2. The van der Waals surface area contributed by atoms with Crippen molar-refractivity contribution >= 4 is 28.9 Å². The van der Waals surface area contributed by atoms with Crippen molar-refractivity contribution in [3.63, 3.8) is 0 Å². The Morgan fingerprint density at radius 3 is 2.42 bits per heavy atom. The van der Waals surface area contributed by atoms with Crippen molar-refractivity contribution < 1.29 is 9.57 Å². The second kappa shape index (κ2) is 7.45. The van der Waals surface area contributed by atoms with Crippen LogP contribution in [0.4, 0.5) is 0 Å². The van der Waals surface area contributed by atoms with Crippen LogP contribution in [0.5, 0.6) is 5.75 Å². The third kappa shape index (κ3) is 3.85. The van der Waals surface area contributed by atoms with Gasteiger partial charge in [-0.25, -0.2) is 0 Å². The average molecular weight is 364 g/mol. The van der Waals surface area contributed by atoms with Crippen molar-refractivity contribution in [2.75, 3.05) is 7.11 Å². The van der Waals surface area contributed by atoms with E-state index in [4.69, 9.17) is 32.8 Å². The van der Waals surface area contributed by atoms with Gasteiger partial charge in [-0.2, -0.15) is 0 Å². The lowest BCUT2D eigenvalue weighted by molar-refractivity contribution is 0.129. The highest BCUT2D eigenvalue weighted by molar-refractivity contribution is 6.35. The molecule has 0 N–H and O–H groups in total. The molecule has 0 unspecified atom stereocenters. The Kier molecular flexibility index (Phi) is 5.32. The van der Waals surface area contributed by atoms with Gasteiger partial charge in [0.1, 0.15) is 12.4 Å². The number of rotatable bonds is 6. The maximum absolute atomic E-state index is 6.12. The fraction of sp³-hybridized carbons (Fsp3) is 0.316. The van der Waals surface area contributed by atoms with Gasteiger partial charge in [-0.05, 0) is 49.1 Å². The Labute approximate surface area is 152 Å². The van der Waals surface area contributed by atoms with Crippen LogP contribution in [0.25, 0.3) is 0 Å². The van der Waals surface area contributed by atoms with Gasteiger partial charge in [0.2, 0.25) is 0 Å². The van der Waals surface area contributed by atoms with Crippen LogP contribution in [0.2, 0.25) is 10.0 Å². The lowest BCUT2D eigenvalue weighted by Gasteiger charge is -2.06. The summed E-state index contributed by atoms with van der Waals surface area (Å²) >= 11 is 12.2. The van der Waals surface area contributed by atoms with Gasteiger partial charge in [0.25, 0.3) is 0 Å². The molecule has 0 bridgehead atoms. The summed E-state index contributed by atoms with van der Waals surface area (Å²) in [5.41, 5.74) is 3.07. The summed E-state index contributed by atoms with van der Waals surface area (Å²) in [6.45, 7) is 2.28. The fourth-order valence-corrected chi connectivity index (χ4v) is 3.32. The summed E-state index contributed by atoms with van der Waals surface area (Å²) < 4.78 is 5.19. The lowest BCUT2D eigenvalue weighted by Crippen LogP contribution is -1.99. The van der Waals surface area contributed by atoms with Crippen molar-refractivity contribution in [1.82, 2.24) is 0 Å². The second-order valence-corrected chi connectivity index (χ2v) is 6.74. The van der Waals surface area contributed by atoms with E-state index in [1.54, 1.807) is 19.2 Å². The number of hydrogen-bond acceptors (Lipinski definition) is 3. The molecule has 2 aromatic carbocycles. The number of benzene rings is 2. The normalized spacial score (nSPS) is 19.9. The van der Waals surface area contributed by atoms with Gasteiger partial charge in [-0.3, -0.25) is 0 Å². The van der Waals surface area contributed by atoms with Crippen molar-refractivity contribution in [2.45, 2.75) is 25.9 Å². The first-order valence-corrected chi connectivity index (χ1v) is 8.59. The summed E-state index contributed by atoms with van der Waals surface area (Å²) in [4.78, 5) is 5.46. The van der Waals surface area contributed by atoms with Crippen LogP contribution in [0.1, 0.15) is 30.4 Å². The van der Waals surface area contributed by atoms with Gasteiger partial charge in [-0.1, -0.05) is 46.6 Å². The molecule has 0 aliphatic heterocycles. The summed E-state index contributed by atoms with van der Waals surface area (Å²) in [6.07, 6.45) is 1.10. The number of nitrogens with zero attached hydrogens (tertiary/aromatic N) is 1. The minimum atomic E-state index is 0.274. The molecule has 0 heterocycles. The second-order valence-electron chi connectivity index (χ2n) is 5.93. The molecule has 0 saturated heterocycles. The highest BCUT2D eigenvalue weighted by Gasteiger charge is 2.40. The number of methoxy groups -OCH3 is 1. The minimum Gasteiger partial charge on any atom is -0.497 e. The highest BCUT2D eigenvalue weighted by atomic mass is 35.5. The standard InChI is InChI=1S/C19H19Cl2NO2/c1-12(22-24-11-17-18(20)4-3-5-19(17)21)15-10-16(15)13-6-8-14(23-2)9-7-13/h3-9,15-16H,10-11H2,1-2H3/b22-12-/t15-,16-/m0/s1. The third-order valence-electron chi connectivity index (χ3n) is 4.35. The molecule has 3 nitrogen and oxygen atoms in total. The van der Waals surface area contributed by atoms with E-state index in [0.29, 0.717) is 21.9 Å². The maximum atomic E-state index is 6.12. The molecule has 2 atom stereocenters. The minimum absolute atomic E-state index is 0.274. The van der Waals surface area contributed by atoms with Crippen LogP contribution >= 0.6 is 23.2 Å². The van der Waals surface area contributed by atoms with Gasteiger partial charge < -0.3 is 9.57 Å². The van der Waals surface area contributed by atoms with E-state index in [9.17, 15) is 0 Å². The van der Waals surface area contributed by atoms with E-state index >= 15 is 0 Å². The zero-order chi connectivity index (χ0) is 17.1. The molecule has 1 fully saturated rings. The van der Waals surface area contributed by atoms with Gasteiger partial charge >= 0.3 is 0 Å². The first kappa shape index (κ1) is 17.1. The predicted molar refractivity (Wildman–Crippen MR) is 98.2 cm³/mol. The molecule has 126 valence electrons. The predicted octanol–water partition coefficient (Wildman–Crippen LogP) is 5.70. The van der Waals surface area contributed by atoms with E-state index in [0.717, 1.165) is 23.4 Å². The summed E-state index contributed by atoms with van der Waals surface area (Å²) in [6, 6.07) is 13.6. The number of halogens is 2. The SMILES string of the molecule is COc1ccc([C@@H]2C[C@H]2/C(C)=N\OCc2c(Cl)cccc2Cl)cc1. The van der Waals surface area contributed by atoms with Gasteiger partial charge in [0, 0.05) is 21.5 Å². The Hall–Kier alpha value is -1.71. The molecule has 1 saturated carbocycles. The van der Waals surface area contributed by atoms with Gasteiger partial charge in [0.05, 0.1) is 12.8 Å². The summed E-state index contributed by atoms with van der Waals surface area (Å²) in [7, 11) is 1.67. The Balaban J connectivity index is 1.57. The molecule has 1 aliphatic rings. The topological polar surface area (TPSA) is 30.8 Å². The molecule has 0 aromatic heterocycles. The largest absolute Gasteiger partial charge is 0.497 e. The maximum Gasteiger partial charge on any atom is 0.145 e. The van der Waals surface area contributed by atoms with Crippen LogP contribution in [0.3, 0.4) is 0 Å². The highest BCUT2D eigenvalue weighted by Crippen LogP contribution is 2.48. The molecule has 5 heteroatoms. The molecular weight excluding hydrogens is 345 g/mol.